The molecule has 1 aliphatic rings. The summed E-state index contributed by atoms with van der Waals surface area (Å²) in [7, 11) is 0. The van der Waals surface area contributed by atoms with E-state index in [9.17, 15) is 0 Å². The fourth-order valence-corrected chi connectivity index (χ4v) is 1.87. The van der Waals surface area contributed by atoms with Crippen molar-refractivity contribution < 1.29 is 4.74 Å². The predicted octanol–water partition coefficient (Wildman–Crippen LogP) is 0.836. The molecule has 0 bridgehead atoms. The molecule has 0 aliphatic carbocycles. The lowest BCUT2D eigenvalue weighted by atomic mass is 10.2. The Kier molecular flexibility index (Phi) is 5.35. The minimum absolute atomic E-state index is 0.659. The van der Waals surface area contributed by atoms with E-state index in [4.69, 9.17) is 10.5 Å². The Labute approximate surface area is 81.2 Å². The maximum Gasteiger partial charge on any atom is 0.0622 e. The summed E-state index contributed by atoms with van der Waals surface area (Å²) in [6, 6.07) is 0.659. The van der Waals surface area contributed by atoms with Gasteiger partial charge in [-0.25, -0.2) is 0 Å². The summed E-state index contributed by atoms with van der Waals surface area (Å²) in [4.78, 5) is 2.53. The second-order valence-electron chi connectivity index (χ2n) is 3.70. The summed E-state index contributed by atoms with van der Waals surface area (Å²) in [5.74, 6) is 0. The third-order valence-electron chi connectivity index (χ3n) is 2.58. The standard InChI is InChI=1S/C10H22N2O/c1-2-6-12(7-3-5-11)10-4-8-13-9-10/h10H,2-9,11H2,1H3. The van der Waals surface area contributed by atoms with Crippen molar-refractivity contribution in [2.75, 3.05) is 32.8 Å². The Hall–Kier alpha value is -0.120. The monoisotopic (exact) mass is 186 g/mol. The first kappa shape index (κ1) is 11.0. The Morgan fingerprint density at radius 1 is 1.46 bits per heavy atom. The summed E-state index contributed by atoms with van der Waals surface area (Å²) in [5, 5.41) is 0. The van der Waals surface area contributed by atoms with Crippen LogP contribution in [-0.2, 0) is 4.74 Å². The van der Waals surface area contributed by atoms with Gasteiger partial charge in [0.1, 0.15) is 0 Å². The van der Waals surface area contributed by atoms with E-state index in [1.807, 2.05) is 0 Å². The highest BCUT2D eigenvalue weighted by Gasteiger charge is 2.21. The van der Waals surface area contributed by atoms with E-state index < -0.39 is 0 Å². The summed E-state index contributed by atoms with van der Waals surface area (Å²) in [5.41, 5.74) is 5.51. The molecule has 3 heteroatoms. The summed E-state index contributed by atoms with van der Waals surface area (Å²) < 4.78 is 5.39. The average molecular weight is 186 g/mol. The van der Waals surface area contributed by atoms with Gasteiger partial charge in [0.05, 0.1) is 6.61 Å². The predicted molar refractivity (Wildman–Crippen MR) is 54.8 cm³/mol. The Balaban J connectivity index is 2.26. The van der Waals surface area contributed by atoms with E-state index in [1.165, 1.54) is 19.4 Å². The molecular formula is C10H22N2O. The number of ether oxygens (including phenoxy) is 1. The van der Waals surface area contributed by atoms with E-state index in [2.05, 4.69) is 11.8 Å². The molecule has 0 aromatic heterocycles. The number of rotatable bonds is 6. The van der Waals surface area contributed by atoms with Gasteiger partial charge in [0.15, 0.2) is 0 Å². The maximum absolute atomic E-state index is 5.51. The summed E-state index contributed by atoms with van der Waals surface area (Å²) >= 11 is 0. The molecule has 1 unspecified atom stereocenters. The molecule has 1 atom stereocenters. The highest BCUT2D eigenvalue weighted by atomic mass is 16.5. The van der Waals surface area contributed by atoms with Gasteiger partial charge >= 0.3 is 0 Å². The first-order chi connectivity index (χ1) is 6.38. The SMILES string of the molecule is CCCN(CCCN)C1CCOC1. The number of hydrogen-bond donors (Lipinski definition) is 1. The van der Waals surface area contributed by atoms with Gasteiger partial charge in [-0.05, 0) is 38.9 Å². The third-order valence-corrected chi connectivity index (χ3v) is 2.58. The number of nitrogens with two attached hydrogens (primary N) is 1. The van der Waals surface area contributed by atoms with Crippen LogP contribution < -0.4 is 5.73 Å². The van der Waals surface area contributed by atoms with Crippen molar-refractivity contribution >= 4 is 0 Å². The minimum Gasteiger partial charge on any atom is -0.380 e. The fraction of sp³-hybridized carbons (Fsp3) is 1.00. The van der Waals surface area contributed by atoms with Crippen molar-refractivity contribution in [2.45, 2.75) is 32.2 Å². The van der Waals surface area contributed by atoms with Gasteiger partial charge < -0.3 is 10.5 Å². The topological polar surface area (TPSA) is 38.5 Å². The molecule has 0 saturated carbocycles. The van der Waals surface area contributed by atoms with E-state index in [1.54, 1.807) is 0 Å². The van der Waals surface area contributed by atoms with Gasteiger partial charge in [-0.3, -0.25) is 4.90 Å². The van der Waals surface area contributed by atoms with Crippen molar-refractivity contribution in [1.82, 2.24) is 4.90 Å². The second-order valence-corrected chi connectivity index (χ2v) is 3.70. The molecule has 0 radical (unpaired) electrons. The van der Waals surface area contributed by atoms with Crippen molar-refractivity contribution in [3.05, 3.63) is 0 Å². The van der Waals surface area contributed by atoms with Gasteiger partial charge in [0.25, 0.3) is 0 Å². The van der Waals surface area contributed by atoms with Crippen molar-refractivity contribution in [2.24, 2.45) is 5.73 Å². The van der Waals surface area contributed by atoms with Crippen molar-refractivity contribution in [3.8, 4) is 0 Å². The number of hydrogen-bond acceptors (Lipinski definition) is 3. The lowest BCUT2D eigenvalue weighted by molar-refractivity contribution is 0.143. The highest BCUT2D eigenvalue weighted by Crippen LogP contribution is 2.12. The molecule has 1 rings (SSSR count). The van der Waals surface area contributed by atoms with Gasteiger partial charge in [0.2, 0.25) is 0 Å². The van der Waals surface area contributed by atoms with Gasteiger partial charge in [-0.15, -0.1) is 0 Å². The molecule has 78 valence electrons. The van der Waals surface area contributed by atoms with Crippen molar-refractivity contribution in [3.63, 3.8) is 0 Å². The van der Waals surface area contributed by atoms with Crippen LogP contribution in [0.4, 0.5) is 0 Å². The Bertz CT molecular complexity index is 124. The molecule has 1 saturated heterocycles. The largest absolute Gasteiger partial charge is 0.380 e. The van der Waals surface area contributed by atoms with Gasteiger partial charge in [-0.2, -0.15) is 0 Å². The molecule has 0 amide bonds. The summed E-state index contributed by atoms with van der Waals surface area (Å²) in [6.45, 7) is 7.21. The second kappa shape index (κ2) is 6.35. The lowest BCUT2D eigenvalue weighted by Gasteiger charge is -2.27. The first-order valence-electron chi connectivity index (χ1n) is 5.40. The molecule has 1 aliphatic heterocycles. The molecule has 1 fully saturated rings. The third kappa shape index (κ3) is 3.63. The van der Waals surface area contributed by atoms with Crippen LogP contribution >= 0.6 is 0 Å². The van der Waals surface area contributed by atoms with Crippen LogP contribution in [0.15, 0.2) is 0 Å². The molecule has 0 aromatic carbocycles. The van der Waals surface area contributed by atoms with Crippen LogP contribution in [0.1, 0.15) is 26.2 Å². The van der Waals surface area contributed by atoms with Crippen LogP contribution in [-0.4, -0.2) is 43.8 Å². The van der Waals surface area contributed by atoms with Crippen LogP contribution in [0, 0.1) is 0 Å². The quantitative estimate of drug-likeness (QED) is 0.668. The van der Waals surface area contributed by atoms with E-state index in [0.717, 1.165) is 32.7 Å². The molecule has 0 spiro atoms. The Morgan fingerprint density at radius 3 is 2.85 bits per heavy atom. The maximum atomic E-state index is 5.51. The molecule has 3 nitrogen and oxygen atoms in total. The highest BCUT2D eigenvalue weighted by molar-refractivity contribution is 4.75. The zero-order valence-electron chi connectivity index (χ0n) is 8.67. The average Bonchev–Trinajstić information content (AvgIpc) is 2.65. The van der Waals surface area contributed by atoms with Crippen LogP contribution in [0.3, 0.4) is 0 Å². The van der Waals surface area contributed by atoms with Crippen LogP contribution in [0.2, 0.25) is 0 Å². The molecule has 13 heavy (non-hydrogen) atoms. The molecule has 2 N–H and O–H groups in total. The minimum atomic E-state index is 0.659. The zero-order chi connectivity index (χ0) is 9.52. The van der Waals surface area contributed by atoms with Gasteiger partial charge in [-0.1, -0.05) is 6.92 Å². The van der Waals surface area contributed by atoms with Crippen LogP contribution in [0.25, 0.3) is 0 Å². The van der Waals surface area contributed by atoms with Crippen LogP contribution in [0.5, 0.6) is 0 Å². The normalized spacial score (nSPS) is 22.8. The Morgan fingerprint density at radius 2 is 2.31 bits per heavy atom. The van der Waals surface area contributed by atoms with E-state index in [-0.39, 0.29) is 0 Å². The first-order valence-corrected chi connectivity index (χ1v) is 5.40. The van der Waals surface area contributed by atoms with Crippen molar-refractivity contribution in [1.29, 1.82) is 0 Å². The smallest absolute Gasteiger partial charge is 0.0622 e. The molecule has 0 aromatic rings. The molecule has 1 heterocycles. The zero-order valence-corrected chi connectivity index (χ0v) is 8.67. The fourth-order valence-electron chi connectivity index (χ4n) is 1.87. The summed E-state index contributed by atoms with van der Waals surface area (Å²) in [6.07, 6.45) is 3.53. The van der Waals surface area contributed by atoms with E-state index in [0.29, 0.717) is 6.04 Å². The number of nitrogens with zero attached hydrogens (tertiary/aromatic N) is 1. The van der Waals surface area contributed by atoms with E-state index >= 15 is 0 Å². The lowest BCUT2D eigenvalue weighted by Crippen LogP contribution is -2.37. The molecular weight excluding hydrogens is 164 g/mol. The van der Waals surface area contributed by atoms with Gasteiger partial charge in [0, 0.05) is 12.6 Å².